The molecule has 7 nitrogen and oxygen atoms in total. The maximum Gasteiger partial charge on any atom is 0.240 e. The van der Waals surface area contributed by atoms with Crippen LogP contribution >= 0.6 is 10.6 Å². The first-order chi connectivity index (χ1) is 14.7. The molecule has 0 atom stereocenters. The fourth-order valence-electron chi connectivity index (χ4n) is 4.19. The molecule has 4 N–H and O–H groups in total. The van der Waals surface area contributed by atoms with Crippen LogP contribution in [-0.4, -0.2) is 45.0 Å². The van der Waals surface area contributed by atoms with Crippen LogP contribution < -0.4 is 4.72 Å². The molecular weight excluding hydrogens is 434 g/mol. The van der Waals surface area contributed by atoms with E-state index in [9.17, 15) is 17.5 Å². The zero-order valence-electron chi connectivity index (χ0n) is 17.3. The van der Waals surface area contributed by atoms with Crippen LogP contribution in [0.15, 0.2) is 47.5 Å². The van der Waals surface area contributed by atoms with E-state index in [1.165, 1.54) is 18.5 Å². The molecule has 1 saturated carbocycles. The van der Waals surface area contributed by atoms with Crippen LogP contribution in [0.1, 0.15) is 38.3 Å². The number of hydrogen-bond donors (Lipinski definition) is 4. The summed E-state index contributed by atoms with van der Waals surface area (Å²) in [5.74, 6) is 0.490. The molecule has 0 bridgehead atoms. The van der Waals surface area contributed by atoms with Crippen LogP contribution in [0.4, 0.5) is 0 Å². The number of fused-ring (bicyclic) bond motifs is 1. The van der Waals surface area contributed by atoms with E-state index in [0.29, 0.717) is 12.8 Å². The monoisotopic (exact) mass is 461 g/mol. The third-order valence-corrected chi connectivity index (χ3v) is 9.88. The molecule has 5 rings (SSSR count). The van der Waals surface area contributed by atoms with Crippen LogP contribution in [-0.2, 0) is 15.4 Å². The minimum atomic E-state index is -3.67. The number of nitrogens with zero attached hydrogens (tertiary/aromatic N) is 1. The molecule has 1 aliphatic heterocycles. The third kappa shape index (κ3) is 4.12. The van der Waals surface area contributed by atoms with Crippen molar-refractivity contribution in [2.75, 3.05) is 11.5 Å². The summed E-state index contributed by atoms with van der Waals surface area (Å²) in [5.41, 5.74) is 4.22. The number of sulfonamides is 1. The Morgan fingerprint density at radius 2 is 1.81 bits per heavy atom. The van der Waals surface area contributed by atoms with E-state index in [0.717, 1.165) is 22.2 Å². The van der Waals surface area contributed by atoms with Gasteiger partial charge in [-0.2, -0.15) is 10.6 Å². The van der Waals surface area contributed by atoms with Crippen LogP contribution in [0, 0.1) is 0 Å². The lowest BCUT2D eigenvalue weighted by Gasteiger charge is -2.39. The van der Waals surface area contributed by atoms with E-state index in [1.807, 2.05) is 18.2 Å². The zero-order chi connectivity index (χ0) is 21.9. The van der Waals surface area contributed by atoms with Crippen LogP contribution in [0.5, 0.6) is 0 Å². The van der Waals surface area contributed by atoms with Gasteiger partial charge in [0.2, 0.25) is 10.0 Å². The molecule has 9 heteroatoms. The Labute approximate surface area is 183 Å². The minimum Gasteiger partial charge on any atom is -0.343 e. The van der Waals surface area contributed by atoms with Gasteiger partial charge in [0.05, 0.1) is 4.90 Å². The van der Waals surface area contributed by atoms with Crippen molar-refractivity contribution in [3.63, 3.8) is 0 Å². The van der Waals surface area contributed by atoms with E-state index in [1.54, 1.807) is 18.3 Å². The molecule has 3 aromatic rings. The number of aromatic amines is 1. The highest BCUT2D eigenvalue weighted by Crippen LogP contribution is 2.48. The first-order valence-electron chi connectivity index (χ1n) is 10.5. The normalized spacial score (nSPS) is 21.8. The third-order valence-electron chi connectivity index (χ3n) is 6.57. The molecule has 2 fully saturated rings. The van der Waals surface area contributed by atoms with Gasteiger partial charge >= 0.3 is 0 Å². The Balaban J connectivity index is 1.38. The summed E-state index contributed by atoms with van der Waals surface area (Å²) in [4.78, 5) is 8.12. The molecule has 2 aliphatic rings. The maximum atomic E-state index is 12.8. The fraction of sp³-hybridized carbons (Fsp3) is 0.409. The van der Waals surface area contributed by atoms with E-state index >= 15 is 0 Å². The Morgan fingerprint density at radius 1 is 1.13 bits per heavy atom. The summed E-state index contributed by atoms with van der Waals surface area (Å²) in [6, 6.07) is 10.7. The standard InChI is InChI=1S/C22H27N3O4S2/c1-22(9-10-22)20-14-19-18(6-11-23-21(19)24-20)15-2-4-17(5-3-15)31(28,29)25-16-7-12-30(26,27)13-8-16/h2-6,11,14,16,25-27H,7-10,12-13H2,1H3,(H,23,24). The van der Waals surface area contributed by atoms with Crippen LogP contribution in [0.2, 0.25) is 0 Å². The number of nitrogens with one attached hydrogen (secondary N) is 2. The van der Waals surface area contributed by atoms with Crippen molar-refractivity contribution in [1.82, 2.24) is 14.7 Å². The summed E-state index contributed by atoms with van der Waals surface area (Å²) < 4.78 is 47.8. The molecular formula is C22H27N3O4S2. The van der Waals surface area contributed by atoms with Gasteiger partial charge in [-0.05, 0) is 61.1 Å². The molecule has 0 spiro atoms. The van der Waals surface area contributed by atoms with Gasteiger partial charge < -0.3 is 4.98 Å². The molecule has 0 unspecified atom stereocenters. The molecule has 0 radical (unpaired) electrons. The van der Waals surface area contributed by atoms with Crippen molar-refractivity contribution in [3.05, 3.63) is 48.3 Å². The lowest BCUT2D eigenvalue weighted by atomic mass is 10.0. The number of benzene rings is 1. The minimum absolute atomic E-state index is 0.207. The SMILES string of the molecule is CC1(c2cc3c(-c4ccc(S(=O)(=O)NC5CCS(O)(O)CC5)cc4)ccnc3[nH]2)CC1. The lowest BCUT2D eigenvalue weighted by molar-refractivity contribution is 0.444. The van der Waals surface area contributed by atoms with Gasteiger partial charge in [-0.1, -0.05) is 19.1 Å². The molecule has 166 valence electrons. The second-order valence-corrected chi connectivity index (χ2v) is 13.1. The van der Waals surface area contributed by atoms with Crippen molar-refractivity contribution >= 4 is 31.6 Å². The van der Waals surface area contributed by atoms with E-state index in [-0.39, 0.29) is 27.9 Å². The molecule has 3 heterocycles. The van der Waals surface area contributed by atoms with Crippen molar-refractivity contribution in [2.45, 2.75) is 49.0 Å². The van der Waals surface area contributed by atoms with Crippen molar-refractivity contribution < 1.29 is 17.5 Å². The smallest absolute Gasteiger partial charge is 0.240 e. The number of rotatable bonds is 5. The molecule has 1 saturated heterocycles. The average Bonchev–Trinajstić information content (AvgIpc) is 3.32. The second kappa shape index (κ2) is 7.31. The Morgan fingerprint density at radius 3 is 2.45 bits per heavy atom. The molecule has 0 amide bonds. The first-order valence-corrected chi connectivity index (χ1v) is 13.9. The zero-order valence-corrected chi connectivity index (χ0v) is 19.0. The van der Waals surface area contributed by atoms with Crippen molar-refractivity contribution in [3.8, 4) is 11.1 Å². The largest absolute Gasteiger partial charge is 0.343 e. The lowest BCUT2D eigenvalue weighted by Crippen LogP contribution is -2.39. The summed E-state index contributed by atoms with van der Waals surface area (Å²) in [6.07, 6.45) is 4.99. The summed E-state index contributed by atoms with van der Waals surface area (Å²) >= 11 is 0. The predicted molar refractivity (Wildman–Crippen MR) is 124 cm³/mol. The van der Waals surface area contributed by atoms with Gasteiger partial charge in [-0.15, -0.1) is 0 Å². The Kier molecular flexibility index (Phi) is 4.95. The van der Waals surface area contributed by atoms with Gasteiger partial charge in [0.15, 0.2) is 0 Å². The second-order valence-electron chi connectivity index (χ2n) is 8.99. The number of aromatic nitrogens is 2. The number of H-pyrrole nitrogens is 1. The van der Waals surface area contributed by atoms with Crippen LogP contribution in [0.25, 0.3) is 22.2 Å². The van der Waals surface area contributed by atoms with Gasteiger partial charge in [-0.3, -0.25) is 9.11 Å². The quantitative estimate of drug-likeness (QED) is 0.447. The van der Waals surface area contributed by atoms with Gasteiger partial charge in [0, 0.05) is 40.2 Å². The Hall–Kier alpha value is -1.91. The maximum absolute atomic E-state index is 12.8. The predicted octanol–water partition coefficient (Wildman–Crippen LogP) is 4.47. The highest BCUT2D eigenvalue weighted by Gasteiger charge is 2.40. The van der Waals surface area contributed by atoms with E-state index < -0.39 is 20.6 Å². The van der Waals surface area contributed by atoms with Gasteiger partial charge in [-0.25, -0.2) is 18.1 Å². The van der Waals surface area contributed by atoms with Gasteiger partial charge in [0.1, 0.15) is 5.65 Å². The van der Waals surface area contributed by atoms with Crippen LogP contribution in [0.3, 0.4) is 0 Å². The van der Waals surface area contributed by atoms with E-state index in [4.69, 9.17) is 0 Å². The Bertz CT molecular complexity index is 1220. The number of hydrogen-bond acceptors (Lipinski definition) is 5. The molecule has 1 aliphatic carbocycles. The van der Waals surface area contributed by atoms with Gasteiger partial charge in [0.25, 0.3) is 0 Å². The topological polar surface area (TPSA) is 115 Å². The summed E-state index contributed by atoms with van der Waals surface area (Å²) in [5, 5.41) is 1.04. The fourth-order valence-corrected chi connectivity index (χ4v) is 7.02. The van der Waals surface area contributed by atoms with Crippen molar-refractivity contribution in [1.29, 1.82) is 0 Å². The summed E-state index contributed by atoms with van der Waals surface area (Å²) in [6.45, 7) is 2.25. The molecule has 1 aromatic carbocycles. The molecule has 2 aromatic heterocycles. The first kappa shape index (κ1) is 21.0. The highest BCUT2D eigenvalue weighted by molar-refractivity contribution is 8.24. The summed E-state index contributed by atoms with van der Waals surface area (Å²) in [7, 11) is -6.20. The molecule has 31 heavy (non-hydrogen) atoms. The average molecular weight is 462 g/mol. The number of pyridine rings is 1. The highest BCUT2D eigenvalue weighted by atomic mass is 32.3. The van der Waals surface area contributed by atoms with E-state index in [2.05, 4.69) is 27.7 Å². The van der Waals surface area contributed by atoms with Crippen molar-refractivity contribution in [2.24, 2.45) is 0 Å².